The smallest absolute Gasteiger partial charge is 0.191 e. The molecule has 0 bridgehead atoms. The molecule has 0 aliphatic carbocycles. The van der Waals surface area contributed by atoms with E-state index in [1.54, 1.807) is 6.20 Å². The predicted octanol–water partition coefficient (Wildman–Crippen LogP) is 3.53. The van der Waals surface area contributed by atoms with Crippen molar-refractivity contribution in [2.45, 2.75) is 26.8 Å². The number of imidazole rings is 1. The SMILES string of the molecule is CCNC(=NCc1ccc(-n2ccnc2C)nc1)NCCc1cccc(Cl)c1. The first-order chi connectivity index (χ1) is 13.7. The van der Waals surface area contributed by atoms with Crippen LogP contribution in [-0.2, 0) is 13.0 Å². The molecule has 7 heteroatoms. The zero-order valence-corrected chi connectivity index (χ0v) is 16.9. The average molecular weight is 397 g/mol. The van der Waals surface area contributed by atoms with Gasteiger partial charge < -0.3 is 10.6 Å². The Bertz CT molecular complexity index is 917. The summed E-state index contributed by atoms with van der Waals surface area (Å²) >= 11 is 6.04. The lowest BCUT2D eigenvalue weighted by Gasteiger charge is -2.11. The molecule has 3 rings (SSSR count). The van der Waals surface area contributed by atoms with Gasteiger partial charge in [0.1, 0.15) is 11.6 Å². The minimum Gasteiger partial charge on any atom is -0.357 e. The van der Waals surface area contributed by atoms with Crippen LogP contribution >= 0.6 is 11.6 Å². The summed E-state index contributed by atoms with van der Waals surface area (Å²) in [4.78, 5) is 13.4. The topological polar surface area (TPSA) is 67.1 Å². The molecular weight excluding hydrogens is 372 g/mol. The van der Waals surface area contributed by atoms with Crippen LogP contribution in [0.25, 0.3) is 5.82 Å². The van der Waals surface area contributed by atoms with Gasteiger partial charge in [0.05, 0.1) is 6.54 Å². The van der Waals surface area contributed by atoms with Crippen LogP contribution in [0.4, 0.5) is 0 Å². The first kappa shape index (κ1) is 19.9. The fourth-order valence-corrected chi connectivity index (χ4v) is 3.02. The van der Waals surface area contributed by atoms with E-state index in [9.17, 15) is 0 Å². The fraction of sp³-hybridized carbons (Fsp3) is 0.286. The first-order valence-electron chi connectivity index (χ1n) is 9.37. The third kappa shape index (κ3) is 5.57. The Kier molecular flexibility index (Phi) is 7.03. The van der Waals surface area contributed by atoms with Gasteiger partial charge in [-0.1, -0.05) is 29.8 Å². The van der Waals surface area contributed by atoms with Crippen LogP contribution in [0.2, 0.25) is 5.02 Å². The van der Waals surface area contributed by atoms with Crippen molar-refractivity contribution in [2.24, 2.45) is 4.99 Å². The van der Waals surface area contributed by atoms with Gasteiger partial charge in [0.15, 0.2) is 5.96 Å². The summed E-state index contributed by atoms with van der Waals surface area (Å²) in [7, 11) is 0. The molecule has 0 saturated carbocycles. The summed E-state index contributed by atoms with van der Waals surface area (Å²) in [6.07, 6.45) is 6.41. The van der Waals surface area contributed by atoms with Crippen LogP contribution < -0.4 is 10.6 Å². The normalized spacial score (nSPS) is 11.5. The minimum absolute atomic E-state index is 0.558. The van der Waals surface area contributed by atoms with Gasteiger partial charge in [-0.15, -0.1) is 0 Å². The fourth-order valence-electron chi connectivity index (χ4n) is 2.80. The summed E-state index contributed by atoms with van der Waals surface area (Å²) < 4.78 is 1.95. The molecule has 2 N–H and O–H groups in total. The highest BCUT2D eigenvalue weighted by Gasteiger charge is 2.03. The maximum absolute atomic E-state index is 6.04. The van der Waals surface area contributed by atoms with Crippen molar-refractivity contribution in [1.82, 2.24) is 25.2 Å². The van der Waals surface area contributed by atoms with Gasteiger partial charge in [-0.05, 0) is 49.6 Å². The van der Waals surface area contributed by atoms with Gasteiger partial charge in [-0.2, -0.15) is 0 Å². The second-order valence-electron chi connectivity index (χ2n) is 6.37. The zero-order valence-electron chi connectivity index (χ0n) is 16.2. The molecule has 3 aromatic rings. The van der Waals surface area contributed by atoms with Crippen LogP contribution in [0.15, 0.2) is 60.0 Å². The van der Waals surface area contributed by atoms with Crippen molar-refractivity contribution in [3.8, 4) is 5.82 Å². The molecule has 0 amide bonds. The molecule has 0 fully saturated rings. The highest BCUT2D eigenvalue weighted by molar-refractivity contribution is 6.30. The lowest BCUT2D eigenvalue weighted by Crippen LogP contribution is -2.38. The van der Waals surface area contributed by atoms with Gasteiger partial charge in [0, 0.05) is 36.7 Å². The Hall–Kier alpha value is -2.86. The molecule has 0 atom stereocenters. The molecule has 28 heavy (non-hydrogen) atoms. The second kappa shape index (κ2) is 9.90. The van der Waals surface area contributed by atoms with Crippen molar-refractivity contribution in [1.29, 1.82) is 0 Å². The van der Waals surface area contributed by atoms with E-state index in [-0.39, 0.29) is 0 Å². The molecule has 0 unspecified atom stereocenters. The highest BCUT2D eigenvalue weighted by atomic mass is 35.5. The van der Waals surface area contributed by atoms with Gasteiger partial charge >= 0.3 is 0 Å². The zero-order chi connectivity index (χ0) is 19.8. The van der Waals surface area contributed by atoms with E-state index in [0.29, 0.717) is 6.54 Å². The van der Waals surface area contributed by atoms with Gasteiger partial charge in [-0.3, -0.25) is 4.57 Å². The number of halogens is 1. The van der Waals surface area contributed by atoms with Crippen molar-refractivity contribution in [2.75, 3.05) is 13.1 Å². The van der Waals surface area contributed by atoms with Crippen molar-refractivity contribution in [3.63, 3.8) is 0 Å². The number of pyridine rings is 1. The molecule has 0 saturated heterocycles. The number of aliphatic imine (C=N–C) groups is 1. The molecule has 0 aliphatic heterocycles. The number of nitrogens with one attached hydrogen (secondary N) is 2. The van der Waals surface area contributed by atoms with Gasteiger partial charge in [0.2, 0.25) is 0 Å². The maximum atomic E-state index is 6.04. The number of aryl methyl sites for hydroxylation is 1. The van der Waals surface area contributed by atoms with Crippen LogP contribution in [0, 0.1) is 6.92 Å². The van der Waals surface area contributed by atoms with E-state index in [4.69, 9.17) is 11.6 Å². The lowest BCUT2D eigenvalue weighted by molar-refractivity contribution is 0.799. The van der Waals surface area contributed by atoms with Crippen LogP contribution in [0.5, 0.6) is 0 Å². The third-order valence-electron chi connectivity index (χ3n) is 4.24. The molecule has 1 aromatic carbocycles. The largest absolute Gasteiger partial charge is 0.357 e. The second-order valence-corrected chi connectivity index (χ2v) is 6.81. The summed E-state index contributed by atoms with van der Waals surface area (Å²) in [5, 5.41) is 7.40. The van der Waals surface area contributed by atoms with E-state index >= 15 is 0 Å². The Morgan fingerprint density at radius 1 is 1.14 bits per heavy atom. The standard InChI is InChI=1S/C21H25ClN6/c1-3-23-21(25-10-9-17-5-4-6-19(22)13-17)27-15-18-7-8-20(26-14-18)28-12-11-24-16(28)2/h4-8,11-14H,3,9-10,15H2,1-2H3,(H2,23,25,27). The summed E-state index contributed by atoms with van der Waals surface area (Å²) in [6, 6.07) is 11.9. The van der Waals surface area contributed by atoms with E-state index < -0.39 is 0 Å². The quantitative estimate of drug-likeness (QED) is 0.473. The highest BCUT2D eigenvalue weighted by Crippen LogP contribution is 2.11. The molecule has 2 heterocycles. The van der Waals surface area contributed by atoms with Crippen LogP contribution in [-0.4, -0.2) is 33.6 Å². The maximum Gasteiger partial charge on any atom is 0.191 e. The van der Waals surface area contributed by atoms with Crippen LogP contribution in [0.1, 0.15) is 23.9 Å². The van der Waals surface area contributed by atoms with Gasteiger partial charge in [-0.25, -0.2) is 15.0 Å². The average Bonchev–Trinajstić information content (AvgIpc) is 3.12. The number of rotatable bonds is 7. The molecule has 0 aliphatic rings. The predicted molar refractivity (Wildman–Crippen MR) is 114 cm³/mol. The number of hydrogen-bond acceptors (Lipinski definition) is 3. The van der Waals surface area contributed by atoms with Crippen LogP contribution in [0.3, 0.4) is 0 Å². The van der Waals surface area contributed by atoms with Crippen molar-refractivity contribution < 1.29 is 0 Å². The van der Waals surface area contributed by atoms with E-state index in [0.717, 1.165) is 47.7 Å². The van der Waals surface area contributed by atoms with E-state index in [1.165, 1.54) is 5.56 Å². The Morgan fingerprint density at radius 2 is 2.04 bits per heavy atom. The molecular formula is C21H25ClN6. The summed E-state index contributed by atoms with van der Waals surface area (Å²) in [5.74, 6) is 2.56. The Morgan fingerprint density at radius 3 is 2.71 bits per heavy atom. The summed E-state index contributed by atoms with van der Waals surface area (Å²) in [6.45, 7) is 6.15. The number of guanidine groups is 1. The van der Waals surface area contributed by atoms with E-state index in [2.05, 4.69) is 38.6 Å². The van der Waals surface area contributed by atoms with Crippen molar-refractivity contribution in [3.05, 3.63) is 77.0 Å². The number of nitrogens with zero attached hydrogens (tertiary/aromatic N) is 4. The number of aromatic nitrogens is 3. The molecule has 0 spiro atoms. The number of benzene rings is 1. The van der Waals surface area contributed by atoms with Crippen molar-refractivity contribution >= 4 is 17.6 Å². The monoisotopic (exact) mass is 396 g/mol. The number of hydrogen-bond donors (Lipinski definition) is 2. The van der Waals surface area contributed by atoms with Gasteiger partial charge in [0.25, 0.3) is 0 Å². The van der Waals surface area contributed by atoms with E-state index in [1.807, 2.05) is 54.2 Å². The molecule has 0 radical (unpaired) electrons. The molecule has 6 nitrogen and oxygen atoms in total. The Balaban J connectivity index is 1.57. The lowest BCUT2D eigenvalue weighted by atomic mass is 10.1. The molecule has 146 valence electrons. The summed E-state index contributed by atoms with van der Waals surface area (Å²) in [5.41, 5.74) is 2.25. The third-order valence-corrected chi connectivity index (χ3v) is 4.48. The Labute approximate surface area is 170 Å². The molecule has 2 aromatic heterocycles. The first-order valence-corrected chi connectivity index (χ1v) is 9.75. The minimum atomic E-state index is 0.558.